The van der Waals surface area contributed by atoms with Crippen LogP contribution >= 0.6 is 0 Å². The van der Waals surface area contributed by atoms with Crippen molar-refractivity contribution in [2.75, 3.05) is 0 Å². The molecular weight excluding hydrogens is 168 g/mol. The summed E-state index contributed by atoms with van der Waals surface area (Å²) in [7, 11) is 0. The van der Waals surface area contributed by atoms with Crippen LogP contribution in [0.3, 0.4) is 0 Å². The first-order chi connectivity index (χ1) is 6.60. The summed E-state index contributed by atoms with van der Waals surface area (Å²) in [5.74, 6) is 0. The highest BCUT2D eigenvalue weighted by molar-refractivity contribution is 5.17. The highest BCUT2D eigenvalue weighted by atomic mass is 14.2. The van der Waals surface area contributed by atoms with Gasteiger partial charge in [0.1, 0.15) is 0 Å². The van der Waals surface area contributed by atoms with E-state index in [0.29, 0.717) is 5.41 Å². The third-order valence-electron chi connectivity index (χ3n) is 2.76. The first-order valence-corrected chi connectivity index (χ1v) is 5.62. The molecular formula is C14H22. The van der Waals surface area contributed by atoms with Crippen LogP contribution in [-0.4, -0.2) is 0 Å². The molecule has 0 aromatic heterocycles. The summed E-state index contributed by atoms with van der Waals surface area (Å²) < 4.78 is 0. The van der Waals surface area contributed by atoms with Crippen LogP contribution in [0, 0.1) is 5.41 Å². The van der Waals surface area contributed by atoms with Gasteiger partial charge < -0.3 is 0 Å². The van der Waals surface area contributed by atoms with Gasteiger partial charge in [0.05, 0.1) is 0 Å². The third kappa shape index (κ3) is 4.45. The lowest BCUT2D eigenvalue weighted by molar-refractivity contribution is 0.423. The maximum absolute atomic E-state index is 4.06. The van der Waals surface area contributed by atoms with Gasteiger partial charge >= 0.3 is 0 Å². The van der Waals surface area contributed by atoms with Crippen LogP contribution in [0.5, 0.6) is 0 Å². The fraction of sp³-hybridized carbons (Fsp3) is 0.571. The number of allylic oxidation sites excluding steroid dienone is 5. The van der Waals surface area contributed by atoms with Gasteiger partial charge in [-0.1, -0.05) is 50.3 Å². The summed E-state index contributed by atoms with van der Waals surface area (Å²) in [6.45, 7) is 8.67. The Hall–Kier alpha value is -0.780. The quantitative estimate of drug-likeness (QED) is 0.488. The minimum atomic E-state index is 0.334. The van der Waals surface area contributed by atoms with Gasteiger partial charge in [0.15, 0.2) is 0 Å². The molecule has 0 radical (unpaired) electrons. The van der Waals surface area contributed by atoms with Gasteiger partial charge in [-0.3, -0.25) is 0 Å². The molecule has 0 aromatic carbocycles. The van der Waals surface area contributed by atoms with Crippen molar-refractivity contribution in [1.82, 2.24) is 0 Å². The van der Waals surface area contributed by atoms with Gasteiger partial charge in [-0.25, -0.2) is 0 Å². The van der Waals surface area contributed by atoms with Gasteiger partial charge in [0.2, 0.25) is 0 Å². The van der Waals surface area contributed by atoms with Crippen LogP contribution in [0.1, 0.15) is 46.0 Å². The Morgan fingerprint density at radius 2 is 1.93 bits per heavy atom. The Balaban J connectivity index is 2.64. The minimum absolute atomic E-state index is 0.334. The zero-order valence-electron chi connectivity index (χ0n) is 9.55. The van der Waals surface area contributed by atoms with E-state index in [-0.39, 0.29) is 0 Å². The van der Waals surface area contributed by atoms with Crippen molar-refractivity contribution in [2.45, 2.75) is 46.0 Å². The Morgan fingerprint density at radius 3 is 2.71 bits per heavy atom. The largest absolute Gasteiger partial charge is 0.0958 e. The first-order valence-electron chi connectivity index (χ1n) is 5.62. The average Bonchev–Trinajstić information content (AvgIpc) is 2.15. The van der Waals surface area contributed by atoms with Gasteiger partial charge in [-0.05, 0) is 37.5 Å². The molecule has 0 saturated heterocycles. The molecule has 0 heterocycles. The van der Waals surface area contributed by atoms with Crippen LogP contribution in [0.2, 0.25) is 0 Å². The van der Waals surface area contributed by atoms with E-state index >= 15 is 0 Å². The van der Waals surface area contributed by atoms with Crippen LogP contribution in [0.4, 0.5) is 0 Å². The number of rotatable bonds is 0. The van der Waals surface area contributed by atoms with Crippen molar-refractivity contribution in [3.63, 3.8) is 0 Å². The maximum atomic E-state index is 4.06. The molecule has 0 atom stereocenters. The second-order valence-electron chi connectivity index (χ2n) is 4.88. The molecule has 0 amide bonds. The fourth-order valence-corrected chi connectivity index (χ4v) is 1.69. The molecule has 78 valence electrons. The summed E-state index contributed by atoms with van der Waals surface area (Å²) >= 11 is 0. The van der Waals surface area contributed by atoms with Gasteiger partial charge in [0.25, 0.3) is 0 Å². The van der Waals surface area contributed by atoms with E-state index in [0.717, 1.165) is 12.8 Å². The van der Waals surface area contributed by atoms with Crippen molar-refractivity contribution in [3.8, 4) is 0 Å². The topological polar surface area (TPSA) is 0 Å². The van der Waals surface area contributed by atoms with Crippen LogP contribution in [-0.2, 0) is 0 Å². The SMILES string of the molecule is C=C1C=CC(C)(C)CCCC=CCC1. The van der Waals surface area contributed by atoms with Crippen molar-refractivity contribution in [2.24, 2.45) is 5.41 Å². The lowest BCUT2D eigenvalue weighted by Gasteiger charge is -2.19. The smallest absolute Gasteiger partial charge is 0.0172 e. The van der Waals surface area contributed by atoms with Crippen molar-refractivity contribution >= 4 is 0 Å². The molecule has 0 spiro atoms. The zero-order valence-corrected chi connectivity index (χ0v) is 9.55. The summed E-state index contributed by atoms with van der Waals surface area (Å²) in [6, 6.07) is 0. The molecule has 14 heavy (non-hydrogen) atoms. The van der Waals surface area contributed by atoms with Crippen LogP contribution in [0.25, 0.3) is 0 Å². The fourth-order valence-electron chi connectivity index (χ4n) is 1.69. The second-order valence-corrected chi connectivity index (χ2v) is 4.88. The zero-order chi connectivity index (χ0) is 10.4. The molecule has 0 nitrogen and oxygen atoms in total. The van der Waals surface area contributed by atoms with Gasteiger partial charge in [-0.2, -0.15) is 0 Å². The van der Waals surface area contributed by atoms with E-state index in [2.05, 4.69) is 44.7 Å². The van der Waals surface area contributed by atoms with Crippen molar-refractivity contribution in [3.05, 3.63) is 36.5 Å². The highest BCUT2D eigenvalue weighted by Crippen LogP contribution is 2.26. The number of hydrogen-bond acceptors (Lipinski definition) is 0. The second kappa shape index (κ2) is 5.19. The predicted octanol–water partition coefficient (Wildman–Crippen LogP) is 4.65. The molecule has 0 unspecified atom stereocenters. The summed E-state index contributed by atoms with van der Waals surface area (Å²) in [5.41, 5.74) is 1.59. The molecule has 1 aliphatic carbocycles. The van der Waals surface area contributed by atoms with Crippen molar-refractivity contribution in [1.29, 1.82) is 0 Å². The minimum Gasteiger partial charge on any atom is -0.0958 e. The van der Waals surface area contributed by atoms with Crippen LogP contribution < -0.4 is 0 Å². The lowest BCUT2D eigenvalue weighted by Crippen LogP contribution is -2.06. The Labute approximate surface area is 88.4 Å². The molecule has 0 bridgehead atoms. The van der Waals surface area contributed by atoms with Gasteiger partial charge in [-0.15, -0.1) is 0 Å². The standard InChI is InChI=1S/C14H22/c1-13-9-7-5-4-6-8-11-14(2,3)12-10-13/h4-5,10,12H,1,6-9,11H2,2-3H3. The monoisotopic (exact) mass is 190 g/mol. The summed E-state index contributed by atoms with van der Waals surface area (Å²) in [6.07, 6.45) is 15.2. The molecule has 0 aromatic rings. The highest BCUT2D eigenvalue weighted by Gasteiger charge is 2.12. The van der Waals surface area contributed by atoms with E-state index in [4.69, 9.17) is 0 Å². The van der Waals surface area contributed by atoms with Crippen LogP contribution in [0.15, 0.2) is 36.5 Å². The Bertz CT molecular complexity index is 241. The molecule has 0 saturated carbocycles. The Kier molecular flexibility index (Phi) is 4.19. The maximum Gasteiger partial charge on any atom is -0.0172 e. The summed E-state index contributed by atoms with van der Waals surface area (Å²) in [5, 5.41) is 0. The van der Waals surface area contributed by atoms with E-state index in [1.54, 1.807) is 0 Å². The molecule has 0 fully saturated rings. The molecule has 0 aliphatic heterocycles. The normalized spacial score (nSPS) is 23.1. The number of hydrogen-bond donors (Lipinski definition) is 0. The van der Waals surface area contributed by atoms with Gasteiger partial charge in [0, 0.05) is 0 Å². The third-order valence-corrected chi connectivity index (χ3v) is 2.76. The Morgan fingerprint density at radius 1 is 1.21 bits per heavy atom. The first kappa shape index (κ1) is 11.3. The lowest BCUT2D eigenvalue weighted by atomic mass is 9.86. The van der Waals surface area contributed by atoms with Crippen molar-refractivity contribution < 1.29 is 0 Å². The molecule has 1 aliphatic rings. The van der Waals surface area contributed by atoms with E-state index in [9.17, 15) is 0 Å². The van der Waals surface area contributed by atoms with E-state index < -0.39 is 0 Å². The summed E-state index contributed by atoms with van der Waals surface area (Å²) in [4.78, 5) is 0. The average molecular weight is 190 g/mol. The van der Waals surface area contributed by atoms with E-state index in [1.807, 2.05) is 0 Å². The molecule has 0 N–H and O–H groups in total. The molecule has 0 heteroatoms. The molecule has 1 rings (SSSR count). The van der Waals surface area contributed by atoms with E-state index in [1.165, 1.54) is 24.8 Å². The predicted molar refractivity (Wildman–Crippen MR) is 64.3 cm³/mol.